The molecule has 0 aliphatic heterocycles. The zero-order chi connectivity index (χ0) is 9.26. The largest absolute Gasteiger partial charge is 0.445 e. The molecule has 0 spiro atoms. The first-order valence-electron chi connectivity index (χ1n) is 4.03. The van der Waals surface area contributed by atoms with Crippen molar-refractivity contribution in [2.45, 2.75) is 6.92 Å². The van der Waals surface area contributed by atoms with Crippen LogP contribution in [-0.2, 0) is 0 Å². The van der Waals surface area contributed by atoms with Crippen molar-refractivity contribution in [1.29, 1.82) is 0 Å². The molecule has 2 aromatic rings. The molecular weight excluding hydrogens is 200 g/mol. The maximum Gasteiger partial charge on any atom is 0.225 e. The summed E-state index contributed by atoms with van der Waals surface area (Å²) >= 11 is 0. The molecule has 0 unspecified atom stereocenters. The van der Waals surface area contributed by atoms with Crippen LogP contribution in [0.3, 0.4) is 0 Å². The zero-order valence-corrected chi connectivity index (χ0v) is 8.54. The number of halogens is 1. The third-order valence-electron chi connectivity index (χ3n) is 1.95. The van der Waals surface area contributed by atoms with Gasteiger partial charge in [0.05, 0.1) is 6.20 Å². The van der Waals surface area contributed by atoms with Crippen molar-refractivity contribution in [1.82, 2.24) is 4.98 Å². The van der Waals surface area contributed by atoms with Crippen molar-refractivity contribution in [3.8, 4) is 11.5 Å². The summed E-state index contributed by atoms with van der Waals surface area (Å²) in [6.07, 6.45) is 3.18. The van der Waals surface area contributed by atoms with Gasteiger partial charge in [-0.15, -0.1) is 12.4 Å². The zero-order valence-electron chi connectivity index (χ0n) is 7.73. The van der Waals surface area contributed by atoms with E-state index in [4.69, 9.17) is 10.2 Å². The van der Waals surface area contributed by atoms with Crippen LogP contribution in [0.5, 0.6) is 0 Å². The normalized spacial score (nSPS) is 9.50. The van der Waals surface area contributed by atoms with Crippen LogP contribution in [-0.4, -0.2) is 4.98 Å². The molecule has 2 rings (SSSR count). The standard InChI is InChI=1S/C10H10N2O.ClH/c1-7-6-8(2-3-9(7)11)10-12-4-5-13-10;/h2-6H,11H2,1H3;1H. The van der Waals surface area contributed by atoms with Crippen molar-refractivity contribution in [3.05, 3.63) is 36.2 Å². The summed E-state index contributed by atoms with van der Waals surface area (Å²) in [4.78, 5) is 4.05. The fourth-order valence-electron chi connectivity index (χ4n) is 1.17. The summed E-state index contributed by atoms with van der Waals surface area (Å²) in [5.74, 6) is 0.628. The minimum absolute atomic E-state index is 0. The van der Waals surface area contributed by atoms with Gasteiger partial charge in [0.15, 0.2) is 0 Å². The van der Waals surface area contributed by atoms with Crippen LogP contribution >= 0.6 is 12.4 Å². The van der Waals surface area contributed by atoms with E-state index in [-0.39, 0.29) is 12.4 Å². The van der Waals surface area contributed by atoms with E-state index in [9.17, 15) is 0 Å². The number of nitrogens with two attached hydrogens (primary N) is 1. The van der Waals surface area contributed by atoms with E-state index in [1.807, 2.05) is 25.1 Å². The lowest BCUT2D eigenvalue weighted by Gasteiger charge is -2.00. The van der Waals surface area contributed by atoms with Gasteiger partial charge in [0.2, 0.25) is 5.89 Å². The Morgan fingerprint density at radius 2 is 2.14 bits per heavy atom. The molecule has 1 aromatic carbocycles. The number of rotatable bonds is 1. The fourth-order valence-corrected chi connectivity index (χ4v) is 1.17. The summed E-state index contributed by atoms with van der Waals surface area (Å²) in [5, 5.41) is 0. The van der Waals surface area contributed by atoms with E-state index in [2.05, 4.69) is 4.98 Å². The molecule has 3 nitrogen and oxygen atoms in total. The summed E-state index contributed by atoms with van der Waals surface area (Å²) in [6, 6.07) is 5.71. The van der Waals surface area contributed by atoms with Crippen LogP contribution in [0.2, 0.25) is 0 Å². The molecule has 0 bridgehead atoms. The van der Waals surface area contributed by atoms with Gasteiger partial charge in [-0.2, -0.15) is 0 Å². The Morgan fingerprint density at radius 3 is 2.71 bits per heavy atom. The average Bonchev–Trinajstić information content (AvgIpc) is 2.62. The quantitative estimate of drug-likeness (QED) is 0.737. The summed E-state index contributed by atoms with van der Waals surface area (Å²) in [6.45, 7) is 1.96. The van der Waals surface area contributed by atoms with Crippen molar-refractivity contribution in [2.75, 3.05) is 5.73 Å². The minimum Gasteiger partial charge on any atom is -0.445 e. The number of oxazole rings is 1. The molecule has 1 heterocycles. The van der Waals surface area contributed by atoms with E-state index < -0.39 is 0 Å². The van der Waals surface area contributed by atoms with Gasteiger partial charge in [-0.25, -0.2) is 4.98 Å². The lowest BCUT2D eigenvalue weighted by atomic mass is 10.1. The number of aryl methyl sites for hydroxylation is 1. The maximum absolute atomic E-state index is 5.69. The predicted octanol–water partition coefficient (Wildman–Crippen LogP) is 2.65. The Kier molecular flexibility index (Phi) is 3.14. The average molecular weight is 211 g/mol. The highest BCUT2D eigenvalue weighted by Crippen LogP contribution is 2.21. The first kappa shape index (κ1) is 10.6. The number of nitrogens with zero attached hydrogens (tertiary/aromatic N) is 1. The third-order valence-corrected chi connectivity index (χ3v) is 1.95. The molecule has 0 saturated heterocycles. The topological polar surface area (TPSA) is 52.0 Å². The monoisotopic (exact) mass is 210 g/mol. The van der Waals surface area contributed by atoms with Gasteiger partial charge >= 0.3 is 0 Å². The first-order chi connectivity index (χ1) is 6.27. The van der Waals surface area contributed by atoms with Gasteiger partial charge in [0, 0.05) is 11.3 Å². The van der Waals surface area contributed by atoms with Gasteiger partial charge in [-0.1, -0.05) is 0 Å². The number of nitrogen functional groups attached to an aromatic ring is 1. The third kappa shape index (κ3) is 1.88. The highest BCUT2D eigenvalue weighted by molar-refractivity contribution is 5.85. The van der Waals surface area contributed by atoms with Gasteiger partial charge in [-0.05, 0) is 30.7 Å². The second-order valence-corrected chi connectivity index (χ2v) is 2.91. The van der Waals surface area contributed by atoms with E-state index in [1.54, 1.807) is 12.5 Å². The highest BCUT2D eigenvalue weighted by atomic mass is 35.5. The lowest BCUT2D eigenvalue weighted by molar-refractivity contribution is 0.574. The van der Waals surface area contributed by atoms with Gasteiger partial charge in [0.1, 0.15) is 6.26 Å². The Hall–Kier alpha value is -1.48. The van der Waals surface area contributed by atoms with Crippen LogP contribution in [0.15, 0.2) is 35.1 Å². The van der Waals surface area contributed by atoms with Crippen molar-refractivity contribution >= 4 is 18.1 Å². The number of aromatic nitrogens is 1. The molecule has 0 aliphatic carbocycles. The Labute approximate surface area is 88.4 Å². The molecule has 0 atom stereocenters. The van der Waals surface area contributed by atoms with Gasteiger partial charge in [0.25, 0.3) is 0 Å². The predicted molar refractivity (Wildman–Crippen MR) is 58.3 cm³/mol. The Morgan fingerprint density at radius 1 is 1.36 bits per heavy atom. The molecule has 4 heteroatoms. The smallest absolute Gasteiger partial charge is 0.225 e. The molecule has 0 amide bonds. The molecule has 0 aliphatic rings. The van der Waals surface area contributed by atoms with Crippen LogP contribution in [0.25, 0.3) is 11.5 Å². The molecule has 74 valence electrons. The van der Waals surface area contributed by atoms with Crippen LogP contribution < -0.4 is 5.73 Å². The fraction of sp³-hybridized carbons (Fsp3) is 0.100. The van der Waals surface area contributed by atoms with Crippen molar-refractivity contribution in [2.24, 2.45) is 0 Å². The van der Waals surface area contributed by atoms with E-state index in [0.29, 0.717) is 5.89 Å². The molecule has 0 fully saturated rings. The SMILES string of the molecule is Cc1cc(-c2ncco2)ccc1N.Cl. The summed E-state index contributed by atoms with van der Waals surface area (Å²) < 4.78 is 5.16. The number of hydrogen-bond donors (Lipinski definition) is 1. The van der Waals surface area contributed by atoms with Crippen molar-refractivity contribution < 1.29 is 4.42 Å². The minimum atomic E-state index is 0. The molecule has 0 radical (unpaired) electrons. The molecular formula is C10H11ClN2O. The molecule has 2 N–H and O–H groups in total. The molecule has 0 saturated carbocycles. The Balaban J connectivity index is 0.000000980. The van der Waals surface area contributed by atoms with Gasteiger partial charge in [-0.3, -0.25) is 0 Å². The maximum atomic E-state index is 5.69. The Bertz CT molecular complexity index is 412. The number of benzene rings is 1. The number of anilines is 1. The molecule has 14 heavy (non-hydrogen) atoms. The molecule has 1 aromatic heterocycles. The lowest BCUT2D eigenvalue weighted by Crippen LogP contribution is -1.89. The second-order valence-electron chi connectivity index (χ2n) is 2.91. The van der Waals surface area contributed by atoms with E-state index >= 15 is 0 Å². The summed E-state index contributed by atoms with van der Waals surface area (Å²) in [5.41, 5.74) is 8.47. The number of hydrogen-bond acceptors (Lipinski definition) is 3. The van der Waals surface area contributed by atoms with Crippen LogP contribution in [0, 0.1) is 6.92 Å². The van der Waals surface area contributed by atoms with Gasteiger partial charge < -0.3 is 10.2 Å². The van der Waals surface area contributed by atoms with Crippen molar-refractivity contribution in [3.63, 3.8) is 0 Å². The highest BCUT2D eigenvalue weighted by Gasteiger charge is 2.02. The first-order valence-corrected chi connectivity index (χ1v) is 4.03. The second kappa shape index (κ2) is 4.15. The van der Waals surface area contributed by atoms with Crippen LogP contribution in [0.4, 0.5) is 5.69 Å². The van der Waals surface area contributed by atoms with E-state index in [0.717, 1.165) is 16.8 Å². The van der Waals surface area contributed by atoms with E-state index in [1.165, 1.54) is 0 Å². The van der Waals surface area contributed by atoms with Crippen LogP contribution in [0.1, 0.15) is 5.56 Å². The summed E-state index contributed by atoms with van der Waals surface area (Å²) in [7, 11) is 0.